The van der Waals surface area contributed by atoms with E-state index in [0.29, 0.717) is 18.3 Å². The van der Waals surface area contributed by atoms with E-state index in [1.807, 2.05) is 67.6 Å². The van der Waals surface area contributed by atoms with Gasteiger partial charge in [-0.1, -0.05) is 0 Å². The molecule has 1 N–H and O–H groups in total. The molecule has 3 aromatic carbocycles. The first-order chi connectivity index (χ1) is 14.1. The van der Waals surface area contributed by atoms with E-state index in [2.05, 4.69) is 29.6 Å². The minimum atomic E-state index is -2.55. The van der Waals surface area contributed by atoms with Gasteiger partial charge in [0.15, 0.2) is 0 Å². The molecule has 0 heterocycles. The number of hydrogen-bond acceptors (Lipinski definition) is 2. The normalized spacial score (nSPS) is 11.7. The molecular formula is C25H28NO2P. The van der Waals surface area contributed by atoms with Crippen LogP contribution in [0, 0.1) is 0 Å². The molecule has 3 nitrogen and oxygen atoms in total. The van der Waals surface area contributed by atoms with Crippen molar-refractivity contribution in [3.8, 4) is 0 Å². The van der Waals surface area contributed by atoms with Crippen LogP contribution in [-0.2, 0) is 4.79 Å². The number of benzene rings is 3. The summed E-state index contributed by atoms with van der Waals surface area (Å²) in [7, 11) is -2.55. The van der Waals surface area contributed by atoms with Gasteiger partial charge in [-0.15, -0.1) is 0 Å². The molecule has 0 unspecified atom stereocenters. The summed E-state index contributed by atoms with van der Waals surface area (Å²) < 4.78 is 0. The summed E-state index contributed by atoms with van der Waals surface area (Å²) in [6.07, 6.45) is 1.39. The molecule has 3 rings (SSSR count). The van der Waals surface area contributed by atoms with E-state index in [1.54, 1.807) is 6.92 Å². The van der Waals surface area contributed by atoms with Crippen LogP contribution in [0.3, 0.4) is 0 Å². The van der Waals surface area contributed by atoms with Crippen molar-refractivity contribution >= 4 is 34.9 Å². The topological polar surface area (TPSA) is 46.2 Å². The third-order valence-corrected chi connectivity index (χ3v) is 10.2. The molecule has 0 aliphatic carbocycles. The second-order valence-corrected chi connectivity index (χ2v) is 11.2. The van der Waals surface area contributed by atoms with Gasteiger partial charge in [-0.3, -0.25) is 0 Å². The molecular weight excluding hydrogens is 377 g/mol. The molecule has 4 heteroatoms. The van der Waals surface area contributed by atoms with Crippen molar-refractivity contribution < 1.29 is 9.59 Å². The van der Waals surface area contributed by atoms with Crippen LogP contribution in [0.1, 0.15) is 30.6 Å². The Morgan fingerprint density at radius 1 is 0.759 bits per heavy atom. The van der Waals surface area contributed by atoms with Gasteiger partial charge in [0.25, 0.3) is 0 Å². The predicted octanol–water partition coefficient (Wildman–Crippen LogP) is 3.44. The molecule has 1 amide bonds. The van der Waals surface area contributed by atoms with Crippen LogP contribution in [-0.4, -0.2) is 24.4 Å². The van der Waals surface area contributed by atoms with E-state index in [9.17, 15) is 9.59 Å². The second kappa shape index (κ2) is 9.62. The Bertz CT molecular complexity index is 914. The maximum atomic E-state index is 12.4. The summed E-state index contributed by atoms with van der Waals surface area (Å²) in [5, 5.41) is 6.45. The summed E-state index contributed by atoms with van der Waals surface area (Å²) in [5.41, 5.74) is 0.647. The quantitative estimate of drug-likeness (QED) is 0.584. The first-order valence-electron chi connectivity index (χ1n) is 10.1. The fourth-order valence-electron chi connectivity index (χ4n) is 3.87. The first kappa shape index (κ1) is 21.0. The van der Waals surface area contributed by atoms with Crippen LogP contribution in [0.5, 0.6) is 0 Å². The van der Waals surface area contributed by atoms with Crippen molar-refractivity contribution in [2.45, 2.75) is 20.3 Å². The molecule has 3 aromatic rings. The molecule has 0 aliphatic heterocycles. The summed E-state index contributed by atoms with van der Waals surface area (Å²) in [4.78, 5) is 24.8. The van der Waals surface area contributed by atoms with Crippen molar-refractivity contribution in [1.29, 1.82) is 0 Å². The van der Waals surface area contributed by atoms with Gasteiger partial charge in [0, 0.05) is 0 Å². The number of amides is 1. The van der Waals surface area contributed by atoms with Gasteiger partial charge < -0.3 is 0 Å². The Kier molecular flexibility index (Phi) is 6.95. The summed E-state index contributed by atoms with van der Waals surface area (Å²) >= 11 is 0. The van der Waals surface area contributed by atoms with Gasteiger partial charge in [0.05, 0.1) is 0 Å². The minimum absolute atomic E-state index is 0.0587. The number of nitrogens with one attached hydrogen (secondary N) is 1. The van der Waals surface area contributed by atoms with Crippen LogP contribution >= 0.6 is 7.26 Å². The zero-order valence-corrected chi connectivity index (χ0v) is 18.0. The van der Waals surface area contributed by atoms with Gasteiger partial charge in [-0.2, -0.15) is 0 Å². The average molecular weight is 405 g/mol. The fraction of sp³-hybridized carbons (Fsp3) is 0.200. The number of hydrogen-bond donors (Lipinski definition) is 1. The Labute approximate surface area is 173 Å². The zero-order chi connectivity index (χ0) is 20.7. The number of carbonyl (C=O) groups excluding carboxylic acids is 2. The number of carbonyl (C=O) groups is 2. The molecule has 0 saturated carbocycles. The predicted molar refractivity (Wildman–Crippen MR) is 125 cm³/mol. The standard InChI is InChI=1S/C25H28NO2P/c1-3-18-26-25(28)21-14-16-24(17-15-21)29(19-20(2)27,22-10-6-4-7-11-22)23-12-8-5-9-13-23/h4-17,29H,3,18-19H2,1-2H3,(H,26,28). The van der Waals surface area contributed by atoms with Crippen molar-refractivity contribution in [3.63, 3.8) is 0 Å². The van der Waals surface area contributed by atoms with Gasteiger partial charge in [0.2, 0.25) is 0 Å². The van der Waals surface area contributed by atoms with E-state index in [-0.39, 0.29) is 11.7 Å². The number of Topliss-reactive ketones (excluding diaryl/α,β-unsaturated/α-hetero) is 1. The summed E-state index contributed by atoms with van der Waals surface area (Å²) in [5.74, 6) is 0.116. The molecule has 0 atom stereocenters. The molecule has 150 valence electrons. The van der Waals surface area contributed by atoms with Crippen molar-refractivity contribution in [3.05, 3.63) is 90.5 Å². The molecule has 0 aliphatic rings. The Balaban J connectivity index is 2.15. The number of ketones is 1. The monoisotopic (exact) mass is 405 g/mol. The van der Waals surface area contributed by atoms with Gasteiger partial charge >= 0.3 is 173 Å². The summed E-state index contributed by atoms with van der Waals surface area (Å²) in [6, 6.07) is 28.5. The molecule has 0 saturated heterocycles. The van der Waals surface area contributed by atoms with Crippen LogP contribution in [0.2, 0.25) is 0 Å². The third-order valence-electron chi connectivity index (χ3n) is 5.22. The van der Waals surface area contributed by atoms with E-state index in [1.165, 1.54) is 10.6 Å². The molecule has 29 heavy (non-hydrogen) atoms. The SMILES string of the molecule is CCCNC(=O)c1ccc([PH](CC(C)=O)(c2ccccc2)c2ccccc2)cc1. The molecule has 0 bridgehead atoms. The molecule has 0 spiro atoms. The van der Waals surface area contributed by atoms with E-state index >= 15 is 0 Å². The maximum absolute atomic E-state index is 12.4. The van der Waals surface area contributed by atoms with Crippen LogP contribution in [0.4, 0.5) is 0 Å². The molecule has 0 fully saturated rings. The van der Waals surface area contributed by atoms with Crippen LogP contribution < -0.4 is 21.2 Å². The van der Waals surface area contributed by atoms with Crippen molar-refractivity contribution in [2.24, 2.45) is 0 Å². The molecule has 0 radical (unpaired) electrons. The number of rotatable bonds is 8. The van der Waals surface area contributed by atoms with E-state index < -0.39 is 7.26 Å². The van der Waals surface area contributed by atoms with E-state index in [0.717, 1.165) is 11.7 Å². The first-order valence-corrected chi connectivity index (χ1v) is 12.3. The zero-order valence-electron chi connectivity index (χ0n) is 17.0. The second-order valence-electron chi connectivity index (χ2n) is 7.35. The van der Waals surface area contributed by atoms with Crippen molar-refractivity contribution in [2.75, 3.05) is 12.7 Å². The fourth-order valence-corrected chi connectivity index (χ4v) is 8.49. The molecule has 0 aromatic heterocycles. The van der Waals surface area contributed by atoms with Gasteiger partial charge in [-0.25, -0.2) is 0 Å². The third kappa shape index (κ3) is 4.63. The van der Waals surface area contributed by atoms with Gasteiger partial charge in [0.1, 0.15) is 0 Å². The van der Waals surface area contributed by atoms with E-state index in [4.69, 9.17) is 0 Å². The Morgan fingerprint density at radius 2 is 1.24 bits per heavy atom. The average Bonchev–Trinajstić information content (AvgIpc) is 2.77. The summed E-state index contributed by atoms with van der Waals surface area (Å²) in [6.45, 7) is 4.36. The van der Waals surface area contributed by atoms with Crippen LogP contribution in [0.25, 0.3) is 0 Å². The Hall–Kier alpha value is -2.77. The van der Waals surface area contributed by atoms with Gasteiger partial charge in [-0.05, 0) is 0 Å². The Morgan fingerprint density at radius 3 is 1.69 bits per heavy atom. The van der Waals surface area contributed by atoms with Crippen LogP contribution in [0.15, 0.2) is 84.9 Å². The van der Waals surface area contributed by atoms with Crippen molar-refractivity contribution in [1.82, 2.24) is 5.32 Å².